The minimum atomic E-state index is 0.455. The Bertz CT molecular complexity index is 608. The van der Waals surface area contributed by atoms with E-state index in [0.717, 1.165) is 11.4 Å². The van der Waals surface area contributed by atoms with Crippen LogP contribution in [0.15, 0.2) is 59.1 Å². The van der Waals surface area contributed by atoms with Crippen LogP contribution in [0.1, 0.15) is 65.5 Å². The number of rotatable bonds is 6. The predicted octanol–water partition coefficient (Wildman–Crippen LogP) is 6.79. The molecule has 124 valence electrons. The van der Waals surface area contributed by atoms with E-state index in [-0.39, 0.29) is 0 Å². The normalized spacial score (nSPS) is 14.4. The fraction of sp³-hybridized carbons (Fsp3) is 0.409. The van der Waals surface area contributed by atoms with E-state index in [1.54, 1.807) is 0 Å². The van der Waals surface area contributed by atoms with Crippen LogP contribution in [0.2, 0.25) is 0 Å². The van der Waals surface area contributed by atoms with Crippen molar-refractivity contribution < 1.29 is 0 Å². The second kappa shape index (κ2) is 9.29. The average Bonchev–Trinajstić information content (AvgIpc) is 2.52. The zero-order valence-electron chi connectivity index (χ0n) is 15.7. The minimum Gasteiger partial charge on any atom is -0.253 e. The van der Waals surface area contributed by atoms with Crippen LogP contribution >= 0.6 is 0 Å². The molecule has 0 heterocycles. The van der Waals surface area contributed by atoms with Crippen LogP contribution in [-0.4, -0.2) is 5.71 Å². The molecule has 23 heavy (non-hydrogen) atoms. The lowest BCUT2D eigenvalue weighted by Gasteiger charge is -2.12. The van der Waals surface area contributed by atoms with Crippen molar-refractivity contribution in [2.45, 2.75) is 54.4 Å². The van der Waals surface area contributed by atoms with Gasteiger partial charge < -0.3 is 0 Å². The van der Waals surface area contributed by atoms with E-state index in [1.165, 1.54) is 16.7 Å². The van der Waals surface area contributed by atoms with Gasteiger partial charge >= 0.3 is 0 Å². The summed E-state index contributed by atoms with van der Waals surface area (Å²) in [4.78, 5) is 4.89. The second-order valence-corrected chi connectivity index (χ2v) is 6.45. The van der Waals surface area contributed by atoms with Gasteiger partial charge in [-0.1, -0.05) is 76.3 Å². The van der Waals surface area contributed by atoms with E-state index in [2.05, 4.69) is 83.2 Å². The molecule has 1 rings (SSSR count). The quantitative estimate of drug-likeness (QED) is 0.405. The predicted molar refractivity (Wildman–Crippen MR) is 105 cm³/mol. The van der Waals surface area contributed by atoms with Crippen LogP contribution in [0.5, 0.6) is 0 Å². The van der Waals surface area contributed by atoms with Crippen LogP contribution in [0.4, 0.5) is 0 Å². The molecule has 0 aliphatic heterocycles. The molecule has 0 amide bonds. The fourth-order valence-electron chi connectivity index (χ4n) is 2.51. The van der Waals surface area contributed by atoms with Crippen molar-refractivity contribution in [1.29, 1.82) is 0 Å². The summed E-state index contributed by atoms with van der Waals surface area (Å²) in [6.45, 7) is 15.0. The third-order valence-corrected chi connectivity index (χ3v) is 3.94. The summed E-state index contributed by atoms with van der Waals surface area (Å²) in [5, 5.41) is 0. The highest BCUT2D eigenvalue weighted by Gasteiger charge is 2.08. The zero-order valence-corrected chi connectivity index (χ0v) is 15.7. The Kier molecular flexibility index (Phi) is 7.74. The summed E-state index contributed by atoms with van der Waals surface area (Å²) in [5.41, 5.74) is 5.93. The largest absolute Gasteiger partial charge is 0.253 e. The molecule has 1 nitrogen and oxygen atoms in total. The lowest BCUT2D eigenvalue weighted by atomic mass is 9.98. The highest BCUT2D eigenvalue weighted by molar-refractivity contribution is 6.01. The second-order valence-electron chi connectivity index (χ2n) is 6.45. The Labute approximate surface area is 142 Å². The van der Waals surface area contributed by atoms with Gasteiger partial charge in [0.25, 0.3) is 0 Å². The Balaban J connectivity index is 3.15. The molecule has 0 aliphatic carbocycles. The van der Waals surface area contributed by atoms with Crippen molar-refractivity contribution in [3.8, 4) is 0 Å². The first-order chi connectivity index (χ1) is 10.9. The molecule has 0 fully saturated rings. The maximum atomic E-state index is 4.89. The molecule has 0 spiro atoms. The van der Waals surface area contributed by atoms with Gasteiger partial charge in [0, 0.05) is 5.71 Å². The molecule has 0 radical (unpaired) electrons. The number of aliphatic imine (C=N–C) groups is 1. The first-order valence-corrected chi connectivity index (χ1v) is 8.55. The lowest BCUT2D eigenvalue weighted by molar-refractivity contribution is 0.802. The highest BCUT2D eigenvalue weighted by atomic mass is 14.8. The van der Waals surface area contributed by atoms with E-state index < -0.39 is 0 Å². The van der Waals surface area contributed by atoms with Crippen LogP contribution < -0.4 is 0 Å². The van der Waals surface area contributed by atoms with Gasteiger partial charge in [-0.25, -0.2) is 0 Å². The van der Waals surface area contributed by atoms with Crippen molar-refractivity contribution in [1.82, 2.24) is 0 Å². The topological polar surface area (TPSA) is 12.4 Å². The first-order valence-electron chi connectivity index (χ1n) is 8.55. The summed E-state index contributed by atoms with van der Waals surface area (Å²) < 4.78 is 0. The van der Waals surface area contributed by atoms with Crippen molar-refractivity contribution in [2.24, 2.45) is 10.9 Å². The number of hydrogen-bond acceptors (Lipinski definition) is 1. The minimum absolute atomic E-state index is 0.455. The average molecular weight is 309 g/mol. The number of hydrogen-bond donors (Lipinski definition) is 0. The molecule has 0 unspecified atom stereocenters. The van der Waals surface area contributed by atoms with E-state index in [0.29, 0.717) is 11.8 Å². The van der Waals surface area contributed by atoms with Crippen molar-refractivity contribution in [2.75, 3.05) is 0 Å². The van der Waals surface area contributed by atoms with Gasteiger partial charge in [-0.3, -0.25) is 4.99 Å². The maximum absolute atomic E-state index is 4.89. The molecular weight excluding hydrogens is 278 g/mol. The SMILES string of the molecule is C\C=C/C=C(\C(C)=N\C(=C/C)c1ccc(C(C)C)cc1)C(C)C. The summed E-state index contributed by atoms with van der Waals surface area (Å²) in [6, 6.07) is 8.75. The summed E-state index contributed by atoms with van der Waals surface area (Å²) in [7, 11) is 0. The van der Waals surface area contributed by atoms with Gasteiger partial charge in [-0.05, 0) is 49.3 Å². The van der Waals surface area contributed by atoms with Gasteiger partial charge in [-0.15, -0.1) is 0 Å². The molecule has 1 aromatic rings. The number of allylic oxidation sites excluding steroid dienone is 5. The van der Waals surface area contributed by atoms with E-state index in [9.17, 15) is 0 Å². The molecule has 0 aromatic heterocycles. The smallest absolute Gasteiger partial charge is 0.0662 e. The maximum Gasteiger partial charge on any atom is 0.0662 e. The van der Waals surface area contributed by atoms with E-state index >= 15 is 0 Å². The zero-order chi connectivity index (χ0) is 17.4. The van der Waals surface area contributed by atoms with E-state index in [1.807, 2.05) is 13.8 Å². The standard InChI is InChI=1S/C22H31N/c1-8-10-11-21(17(5)6)18(7)23-22(9-2)20-14-12-19(13-15-20)16(3)4/h8-17H,1-7H3/b10-8-,21-11-,22-9-,23-18+. The summed E-state index contributed by atoms with van der Waals surface area (Å²) in [6.07, 6.45) is 8.39. The molecule has 0 atom stereocenters. The fourth-order valence-corrected chi connectivity index (χ4v) is 2.51. The Morgan fingerprint density at radius 3 is 2.04 bits per heavy atom. The van der Waals surface area contributed by atoms with Crippen molar-refractivity contribution in [3.05, 3.63) is 65.3 Å². The molecule has 0 bridgehead atoms. The van der Waals surface area contributed by atoms with E-state index in [4.69, 9.17) is 4.99 Å². The number of benzene rings is 1. The Hall–Kier alpha value is -1.89. The monoisotopic (exact) mass is 309 g/mol. The number of nitrogens with zero attached hydrogens (tertiary/aromatic N) is 1. The molecule has 0 N–H and O–H groups in total. The molecule has 0 aliphatic rings. The first kappa shape index (κ1) is 19.2. The van der Waals surface area contributed by atoms with Crippen LogP contribution in [0.3, 0.4) is 0 Å². The summed E-state index contributed by atoms with van der Waals surface area (Å²) >= 11 is 0. The van der Waals surface area contributed by atoms with Crippen LogP contribution in [-0.2, 0) is 0 Å². The third kappa shape index (κ3) is 5.67. The molecule has 1 heteroatoms. The van der Waals surface area contributed by atoms with Crippen LogP contribution in [0.25, 0.3) is 5.70 Å². The molecule has 0 saturated carbocycles. The van der Waals surface area contributed by atoms with Crippen LogP contribution in [0, 0.1) is 5.92 Å². The van der Waals surface area contributed by atoms with Gasteiger partial charge in [0.1, 0.15) is 0 Å². The highest BCUT2D eigenvalue weighted by Crippen LogP contribution is 2.22. The van der Waals surface area contributed by atoms with Crippen molar-refractivity contribution in [3.63, 3.8) is 0 Å². The molecule has 1 aromatic carbocycles. The third-order valence-electron chi connectivity index (χ3n) is 3.94. The molecule has 0 saturated heterocycles. The molecular formula is C22H31N. The Morgan fingerprint density at radius 1 is 1.00 bits per heavy atom. The van der Waals surface area contributed by atoms with Crippen molar-refractivity contribution >= 4 is 11.4 Å². The van der Waals surface area contributed by atoms with Gasteiger partial charge in [0.05, 0.1) is 5.70 Å². The van der Waals surface area contributed by atoms with Gasteiger partial charge in [-0.2, -0.15) is 0 Å². The van der Waals surface area contributed by atoms with Gasteiger partial charge in [0.15, 0.2) is 0 Å². The summed E-state index contributed by atoms with van der Waals surface area (Å²) in [5.74, 6) is 1.01. The lowest BCUT2D eigenvalue weighted by Crippen LogP contribution is -2.05. The Morgan fingerprint density at radius 2 is 1.61 bits per heavy atom. The van der Waals surface area contributed by atoms with Gasteiger partial charge in [0.2, 0.25) is 0 Å².